The molecular weight excluding hydrogens is 457 g/mol. The summed E-state index contributed by atoms with van der Waals surface area (Å²) in [4.78, 5) is 41.6. The Bertz CT molecular complexity index is 1240. The molecule has 1 aliphatic heterocycles. The van der Waals surface area contributed by atoms with Crippen molar-refractivity contribution in [1.82, 2.24) is 14.5 Å². The number of nitrogens with one attached hydrogen (secondary N) is 1. The minimum atomic E-state index is -4.47. The molecule has 1 aromatic heterocycles. The lowest BCUT2D eigenvalue weighted by atomic mass is 10.1. The van der Waals surface area contributed by atoms with Crippen LogP contribution in [0.2, 0.25) is 0 Å². The summed E-state index contributed by atoms with van der Waals surface area (Å²) in [6.07, 6.45) is -3.12. The zero-order valence-electron chi connectivity index (χ0n) is 17.2. The van der Waals surface area contributed by atoms with Crippen LogP contribution in [0.3, 0.4) is 0 Å². The van der Waals surface area contributed by atoms with E-state index in [0.717, 1.165) is 21.2 Å². The molecule has 4 rings (SSSR count). The molecule has 0 saturated carbocycles. The summed E-state index contributed by atoms with van der Waals surface area (Å²) in [6.45, 7) is -1.24. The number of amides is 3. The van der Waals surface area contributed by atoms with Crippen LogP contribution in [0.1, 0.15) is 20.7 Å². The third-order valence-corrected chi connectivity index (χ3v) is 5.92. The van der Waals surface area contributed by atoms with Gasteiger partial charge in [-0.25, -0.2) is 4.98 Å². The topological polar surface area (TPSA) is 84.3 Å². The Labute approximate surface area is 190 Å². The highest BCUT2D eigenvalue weighted by atomic mass is 32.2. The number of nitrogens with zero attached hydrogens (tertiary/aromatic N) is 3. The van der Waals surface area contributed by atoms with Crippen LogP contribution < -0.4 is 5.32 Å². The van der Waals surface area contributed by atoms with Crippen molar-refractivity contribution in [3.8, 4) is 11.3 Å². The molecule has 3 amide bonds. The van der Waals surface area contributed by atoms with Gasteiger partial charge in [0, 0.05) is 12.7 Å². The fourth-order valence-corrected chi connectivity index (χ4v) is 4.19. The number of rotatable bonds is 6. The number of halogens is 3. The van der Waals surface area contributed by atoms with Crippen molar-refractivity contribution in [2.75, 3.05) is 18.1 Å². The number of aromatic nitrogens is 2. The lowest BCUT2D eigenvalue weighted by molar-refractivity contribution is -0.141. The average molecular weight is 474 g/mol. The predicted molar refractivity (Wildman–Crippen MR) is 116 cm³/mol. The lowest BCUT2D eigenvalue weighted by Crippen LogP contribution is -2.24. The number of imide groups is 1. The Balaban J connectivity index is 1.48. The van der Waals surface area contributed by atoms with Gasteiger partial charge >= 0.3 is 6.18 Å². The fraction of sp³-hybridized carbons (Fsp3) is 0.182. The first kappa shape index (κ1) is 22.6. The van der Waals surface area contributed by atoms with Gasteiger partial charge in [0.1, 0.15) is 6.54 Å². The summed E-state index contributed by atoms with van der Waals surface area (Å²) in [7, 11) is 1.37. The molecule has 0 unspecified atom stereocenters. The van der Waals surface area contributed by atoms with E-state index >= 15 is 0 Å². The number of imidazole rings is 1. The summed E-state index contributed by atoms with van der Waals surface area (Å²) >= 11 is 0.868. The summed E-state index contributed by atoms with van der Waals surface area (Å²) in [6, 6.07) is 12.9. The van der Waals surface area contributed by atoms with Crippen molar-refractivity contribution in [2.45, 2.75) is 17.9 Å². The van der Waals surface area contributed by atoms with E-state index in [-0.39, 0.29) is 22.0 Å². The summed E-state index contributed by atoms with van der Waals surface area (Å²) in [5, 5.41) is 2.65. The number of hydrogen-bond acceptors (Lipinski definition) is 5. The van der Waals surface area contributed by atoms with Crippen molar-refractivity contribution >= 4 is 35.2 Å². The van der Waals surface area contributed by atoms with E-state index in [1.807, 2.05) is 0 Å². The second kappa shape index (κ2) is 8.74. The first-order chi connectivity index (χ1) is 15.6. The standard InChI is InChI=1S/C22H17F3N4O3S/c1-28-19(31)15-8-7-14(9-16(15)20(28)32)27-18(30)11-33-21-26-10-17(13-5-3-2-4-6-13)29(21)12-22(23,24)25/h2-10H,11-12H2,1H3,(H,27,30). The molecule has 1 aliphatic rings. The number of carbonyl (C=O) groups excluding carboxylic acids is 3. The van der Waals surface area contributed by atoms with E-state index in [9.17, 15) is 27.6 Å². The Morgan fingerprint density at radius 1 is 1.06 bits per heavy atom. The highest BCUT2D eigenvalue weighted by molar-refractivity contribution is 7.99. The Morgan fingerprint density at radius 2 is 1.76 bits per heavy atom. The number of anilines is 1. The van der Waals surface area contributed by atoms with Gasteiger partial charge in [-0.3, -0.25) is 19.3 Å². The van der Waals surface area contributed by atoms with E-state index in [0.29, 0.717) is 16.9 Å². The molecule has 170 valence electrons. The highest BCUT2D eigenvalue weighted by Crippen LogP contribution is 2.30. The molecule has 33 heavy (non-hydrogen) atoms. The van der Waals surface area contributed by atoms with Gasteiger partial charge in [-0.15, -0.1) is 0 Å². The molecule has 0 atom stereocenters. The molecule has 0 aliphatic carbocycles. The number of benzene rings is 2. The van der Waals surface area contributed by atoms with Gasteiger partial charge in [0.25, 0.3) is 11.8 Å². The molecule has 1 N–H and O–H groups in total. The third-order valence-electron chi connectivity index (χ3n) is 4.93. The number of carbonyl (C=O) groups is 3. The predicted octanol–water partition coefficient (Wildman–Crippen LogP) is 4.07. The smallest absolute Gasteiger partial charge is 0.325 e. The second-order valence-corrected chi connectivity index (χ2v) is 8.20. The number of hydrogen-bond donors (Lipinski definition) is 1. The molecule has 3 aromatic rings. The van der Waals surface area contributed by atoms with Gasteiger partial charge in [0.05, 0.1) is 28.8 Å². The molecule has 2 aromatic carbocycles. The van der Waals surface area contributed by atoms with Crippen LogP contribution in [0.5, 0.6) is 0 Å². The van der Waals surface area contributed by atoms with Crippen molar-refractivity contribution in [1.29, 1.82) is 0 Å². The SMILES string of the molecule is CN1C(=O)c2ccc(NC(=O)CSc3ncc(-c4ccccc4)n3CC(F)(F)F)cc2C1=O. The highest BCUT2D eigenvalue weighted by Gasteiger charge is 2.33. The van der Waals surface area contributed by atoms with Crippen molar-refractivity contribution in [2.24, 2.45) is 0 Å². The van der Waals surface area contributed by atoms with Gasteiger partial charge < -0.3 is 9.88 Å². The van der Waals surface area contributed by atoms with Crippen LogP contribution in [0.25, 0.3) is 11.3 Å². The molecule has 0 radical (unpaired) electrons. The number of alkyl halides is 3. The van der Waals surface area contributed by atoms with E-state index in [1.165, 1.54) is 31.4 Å². The fourth-order valence-electron chi connectivity index (χ4n) is 3.41. The largest absolute Gasteiger partial charge is 0.406 e. The van der Waals surface area contributed by atoms with Gasteiger partial charge in [-0.1, -0.05) is 42.1 Å². The Hall–Kier alpha value is -3.60. The van der Waals surface area contributed by atoms with Crippen LogP contribution in [0.15, 0.2) is 59.9 Å². The normalized spacial score (nSPS) is 13.4. The van der Waals surface area contributed by atoms with E-state index in [2.05, 4.69) is 10.3 Å². The maximum absolute atomic E-state index is 13.2. The number of thioether (sulfide) groups is 1. The molecule has 0 saturated heterocycles. The maximum Gasteiger partial charge on any atom is 0.406 e. The van der Waals surface area contributed by atoms with Crippen molar-refractivity contribution < 1.29 is 27.6 Å². The molecule has 0 bridgehead atoms. The Kier molecular flexibility index (Phi) is 5.98. The third kappa shape index (κ3) is 4.77. The second-order valence-electron chi connectivity index (χ2n) is 7.26. The zero-order chi connectivity index (χ0) is 23.8. The van der Waals surface area contributed by atoms with Crippen molar-refractivity contribution in [3.05, 3.63) is 65.9 Å². The number of fused-ring (bicyclic) bond motifs is 1. The van der Waals surface area contributed by atoms with Gasteiger partial charge in [-0.05, 0) is 23.8 Å². The van der Waals surface area contributed by atoms with Gasteiger partial charge in [0.2, 0.25) is 5.91 Å². The van der Waals surface area contributed by atoms with Crippen LogP contribution >= 0.6 is 11.8 Å². The van der Waals surface area contributed by atoms with Gasteiger partial charge in [-0.2, -0.15) is 13.2 Å². The van der Waals surface area contributed by atoms with Crippen LogP contribution in [-0.4, -0.2) is 51.1 Å². The maximum atomic E-state index is 13.2. The molecular formula is C22H17F3N4O3S. The average Bonchev–Trinajstić information content (AvgIpc) is 3.26. The van der Waals surface area contributed by atoms with Crippen LogP contribution in [0.4, 0.5) is 18.9 Å². The summed E-state index contributed by atoms with van der Waals surface area (Å²) in [5.74, 6) is -1.59. The van der Waals surface area contributed by atoms with E-state index in [4.69, 9.17) is 0 Å². The summed E-state index contributed by atoms with van der Waals surface area (Å²) in [5.41, 5.74) is 1.60. The minimum absolute atomic E-state index is 0.0534. The monoisotopic (exact) mass is 474 g/mol. The van der Waals surface area contributed by atoms with Crippen LogP contribution in [-0.2, 0) is 11.3 Å². The van der Waals surface area contributed by atoms with E-state index < -0.39 is 30.4 Å². The molecule has 0 fully saturated rings. The first-order valence-corrected chi connectivity index (χ1v) is 10.7. The quantitative estimate of drug-likeness (QED) is 0.430. The van der Waals surface area contributed by atoms with E-state index in [1.54, 1.807) is 30.3 Å². The van der Waals surface area contributed by atoms with Crippen molar-refractivity contribution in [3.63, 3.8) is 0 Å². The Morgan fingerprint density at radius 3 is 2.45 bits per heavy atom. The van der Waals surface area contributed by atoms with Crippen LogP contribution in [0, 0.1) is 0 Å². The molecule has 2 heterocycles. The zero-order valence-corrected chi connectivity index (χ0v) is 18.0. The molecule has 7 nitrogen and oxygen atoms in total. The molecule has 0 spiro atoms. The van der Waals surface area contributed by atoms with Gasteiger partial charge in [0.15, 0.2) is 5.16 Å². The molecule has 11 heteroatoms. The lowest BCUT2D eigenvalue weighted by Gasteiger charge is -2.14. The first-order valence-electron chi connectivity index (χ1n) is 9.71. The summed E-state index contributed by atoms with van der Waals surface area (Å²) < 4.78 is 40.6. The minimum Gasteiger partial charge on any atom is -0.325 e.